The smallest absolute Gasteiger partial charge is 0.323 e. The van der Waals surface area contributed by atoms with Gasteiger partial charge in [-0.1, -0.05) is 6.92 Å². The Morgan fingerprint density at radius 3 is 2.47 bits per heavy atom. The predicted molar refractivity (Wildman–Crippen MR) is 65.0 cm³/mol. The van der Waals surface area contributed by atoms with Gasteiger partial charge in [-0.15, -0.1) is 0 Å². The van der Waals surface area contributed by atoms with Crippen LogP contribution in [0.5, 0.6) is 0 Å². The summed E-state index contributed by atoms with van der Waals surface area (Å²) >= 11 is 0. The number of piperidine rings is 2. The Morgan fingerprint density at radius 1 is 1.33 bits per heavy atom. The van der Waals surface area contributed by atoms with Crippen molar-refractivity contribution in [1.82, 2.24) is 5.32 Å². The van der Waals surface area contributed by atoms with E-state index in [1.54, 1.807) is 0 Å². The van der Waals surface area contributed by atoms with Gasteiger partial charge in [0, 0.05) is 6.04 Å². The second-order valence-electron chi connectivity index (χ2n) is 4.42. The van der Waals surface area contributed by atoms with E-state index in [0.29, 0.717) is 18.6 Å². The first-order valence-corrected chi connectivity index (χ1v) is 5.74. The largest absolute Gasteiger partial charge is 0.465 e. The van der Waals surface area contributed by atoms with Gasteiger partial charge in [0.1, 0.15) is 6.04 Å². The molecular weight excluding hydrogens is 209 g/mol. The number of esters is 1. The summed E-state index contributed by atoms with van der Waals surface area (Å²) < 4.78 is 5.18. The van der Waals surface area contributed by atoms with E-state index in [0.717, 1.165) is 6.42 Å². The van der Waals surface area contributed by atoms with Crippen molar-refractivity contribution in [2.45, 2.75) is 51.1 Å². The molecule has 3 rings (SSSR count). The van der Waals surface area contributed by atoms with E-state index in [-0.39, 0.29) is 21.9 Å². The van der Waals surface area contributed by atoms with E-state index in [1.165, 1.54) is 25.7 Å². The Hall–Kier alpha value is -0.140. The number of rotatable bonds is 3. The van der Waals surface area contributed by atoms with Crippen molar-refractivity contribution in [3.05, 3.63) is 0 Å². The number of carbonyl (C=O) groups is 1. The zero-order valence-corrected chi connectivity index (χ0v) is 10.9. The molecule has 0 radical (unpaired) electrons. The molecule has 2 heterocycles. The molecule has 4 heteroatoms. The highest BCUT2D eigenvalue weighted by atomic mass is 31.0. The average molecular weight is 231 g/mol. The van der Waals surface area contributed by atoms with Crippen LogP contribution in [0.3, 0.4) is 0 Å². The maximum Gasteiger partial charge on any atom is 0.323 e. The van der Waals surface area contributed by atoms with Gasteiger partial charge in [0.05, 0.1) is 6.61 Å². The molecule has 3 aliphatic rings. The van der Waals surface area contributed by atoms with Gasteiger partial charge in [-0.3, -0.25) is 4.79 Å². The van der Waals surface area contributed by atoms with Crippen LogP contribution in [0.2, 0.25) is 0 Å². The zero-order valence-electron chi connectivity index (χ0n) is 9.50. The van der Waals surface area contributed by atoms with Gasteiger partial charge in [-0.25, -0.2) is 0 Å². The van der Waals surface area contributed by atoms with Crippen molar-refractivity contribution in [3.63, 3.8) is 0 Å². The molecule has 2 bridgehead atoms. The van der Waals surface area contributed by atoms with Gasteiger partial charge in [0.2, 0.25) is 0 Å². The number of nitrogens with one attached hydrogen (secondary N) is 1. The lowest BCUT2D eigenvalue weighted by Crippen LogP contribution is -2.56. The first-order chi connectivity index (χ1) is 6.81. The molecule has 2 saturated heterocycles. The summed E-state index contributed by atoms with van der Waals surface area (Å²) in [5.41, 5.74) is 0. The van der Waals surface area contributed by atoms with Crippen LogP contribution in [0, 0.1) is 5.92 Å². The van der Waals surface area contributed by atoms with E-state index >= 15 is 0 Å². The highest BCUT2D eigenvalue weighted by molar-refractivity contribution is 6.92. The second kappa shape index (κ2) is 5.81. The summed E-state index contributed by atoms with van der Waals surface area (Å²) in [5.74, 6) is 0.505. The summed E-state index contributed by atoms with van der Waals surface area (Å²) in [6, 6.07) is 0.563. The maximum atomic E-state index is 11.7. The Bertz CT molecular complexity index is 215. The maximum absolute atomic E-state index is 11.7. The lowest BCUT2D eigenvalue weighted by Gasteiger charge is -2.42. The van der Waals surface area contributed by atoms with E-state index in [9.17, 15) is 4.79 Å². The quantitative estimate of drug-likeness (QED) is 0.591. The van der Waals surface area contributed by atoms with Crippen molar-refractivity contribution in [2.75, 3.05) is 6.61 Å². The highest BCUT2D eigenvalue weighted by Crippen LogP contribution is 2.33. The van der Waals surface area contributed by atoms with Crippen molar-refractivity contribution in [3.8, 4) is 0 Å². The van der Waals surface area contributed by atoms with Gasteiger partial charge in [0.25, 0.3) is 0 Å². The molecule has 2 unspecified atom stereocenters. The molecule has 0 aromatic rings. The third-order valence-electron chi connectivity index (χ3n) is 3.36. The molecule has 0 amide bonds. The molecule has 3 fully saturated rings. The Morgan fingerprint density at radius 2 is 2.00 bits per heavy atom. The molecule has 2 aliphatic heterocycles. The molecule has 1 N–H and O–H groups in total. The first kappa shape index (κ1) is 12.9. The fourth-order valence-corrected chi connectivity index (χ4v) is 2.56. The van der Waals surface area contributed by atoms with Crippen LogP contribution in [0.25, 0.3) is 0 Å². The van der Waals surface area contributed by atoms with Crippen LogP contribution in [0.1, 0.15) is 39.0 Å². The first-order valence-electron chi connectivity index (χ1n) is 5.74. The number of hydrogen-bond donors (Lipinski definition) is 1. The summed E-state index contributed by atoms with van der Waals surface area (Å²) in [5, 5.41) is 3.39. The highest BCUT2D eigenvalue weighted by Gasteiger charge is 2.39. The topological polar surface area (TPSA) is 38.3 Å². The fourth-order valence-electron chi connectivity index (χ4n) is 2.56. The summed E-state index contributed by atoms with van der Waals surface area (Å²) in [7, 11) is 0. The Balaban J connectivity index is 0.00000112. The summed E-state index contributed by atoms with van der Waals surface area (Å²) in [6.45, 7) is 2.59. The number of fused-ring (bicyclic) bond motifs is 3. The van der Waals surface area contributed by atoms with Crippen molar-refractivity contribution >= 4 is 15.9 Å². The van der Waals surface area contributed by atoms with Gasteiger partial charge in [0.15, 0.2) is 0 Å². The molecule has 15 heavy (non-hydrogen) atoms. The molecule has 0 spiro atoms. The molecule has 1 saturated carbocycles. The minimum absolute atomic E-state index is 0. The Kier molecular flexibility index (Phi) is 5.01. The SMILES string of the molecule is CCCOC(=O)C1NC2CCC1CC2.P. The van der Waals surface area contributed by atoms with Gasteiger partial charge >= 0.3 is 5.97 Å². The summed E-state index contributed by atoms with van der Waals surface area (Å²) in [6.07, 6.45) is 5.78. The predicted octanol–water partition coefficient (Wildman–Crippen LogP) is 1.53. The molecule has 0 aromatic carbocycles. The third-order valence-corrected chi connectivity index (χ3v) is 3.36. The van der Waals surface area contributed by atoms with E-state index in [4.69, 9.17) is 4.74 Å². The standard InChI is InChI=1S/C11H19NO2.H3P/c1-2-7-14-11(13)10-8-3-5-9(12-10)6-4-8;/h8-10,12H,2-7H2,1H3;1H3. The van der Waals surface area contributed by atoms with Crippen LogP contribution in [-0.2, 0) is 9.53 Å². The zero-order chi connectivity index (χ0) is 9.97. The number of hydrogen-bond acceptors (Lipinski definition) is 3. The van der Waals surface area contributed by atoms with Gasteiger partial charge in [-0.2, -0.15) is 9.90 Å². The fraction of sp³-hybridized carbons (Fsp3) is 0.909. The monoisotopic (exact) mass is 231 g/mol. The van der Waals surface area contributed by atoms with Gasteiger partial charge < -0.3 is 10.1 Å². The average Bonchev–Trinajstić information content (AvgIpc) is 2.27. The van der Waals surface area contributed by atoms with Crippen molar-refractivity contribution in [2.24, 2.45) is 5.92 Å². The lowest BCUT2D eigenvalue weighted by atomic mass is 9.76. The van der Waals surface area contributed by atoms with Crippen molar-refractivity contribution < 1.29 is 9.53 Å². The second-order valence-corrected chi connectivity index (χ2v) is 4.42. The number of ether oxygens (including phenoxy) is 1. The molecular formula is C11H22NO2P. The van der Waals surface area contributed by atoms with E-state index < -0.39 is 0 Å². The number of carbonyl (C=O) groups excluding carboxylic acids is 1. The molecule has 2 atom stereocenters. The lowest BCUT2D eigenvalue weighted by molar-refractivity contribution is -0.150. The molecule has 1 aliphatic carbocycles. The van der Waals surface area contributed by atoms with Crippen LogP contribution in [-0.4, -0.2) is 24.7 Å². The Labute approximate surface area is 95.0 Å². The van der Waals surface area contributed by atoms with Crippen LogP contribution >= 0.6 is 9.90 Å². The third kappa shape index (κ3) is 2.92. The van der Waals surface area contributed by atoms with Gasteiger partial charge in [-0.05, 0) is 38.0 Å². The minimum Gasteiger partial charge on any atom is -0.465 e. The molecule has 0 aromatic heterocycles. The van der Waals surface area contributed by atoms with Crippen LogP contribution < -0.4 is 5.32 Å². The molecule has 3 nitrogen and oxygen atoms in total. The normalized spacial score (nSPS) is 33.3. The van der Waals surface area contributed by atoms with Crippen molar-refractivity contribution in [1.29, 1.82) is 0 Å². The van der Waals surface area contributed by atoms with E-state index in [1.807, 2.05) is 6.92 Å². The minimum atomic E-state index is -0.0266. The summed E-state index contributed by atoms with van der Waals surface area (Å²) in [4.78, 5) is 11.7. The van der Waals surface area contributed by atoms with Crippen LogP contribution in [0.15, 0.2) is 0 Å². The molecule has 88 valence electrons. The van der Waals surface area contributed by atoms with Crippen LogP contribution in [0.4, 0.5) is 0 Å². The van der Waals surface area contributed by atoms with E-state index in [2.05, 4.69) is 5.32 Å².